The van der Waals surface area contributed by atoms with E-state index in [1.165, 1.54) is 24.3 Å². The van der Waals surface area contributed by atoms with Crippen LogP contribution in [0.5, 0.6) is 0 Å². The molecule has 3 aromatic carbocycles. The summed E-state index contributed by atoms with van der Waals surface area (Å²) >= 11 is 10.9. The van der Waals surface area contributed by atoms with Crippen LogP contribution in [0, 0.1) is 0 Å². The fourth-order valence-corrected chi connectivity index (χ4v) is 5.25. The Kier molecular flexibility index (Phi) is 7.86. The molecule has 0 atom stereocenters. The SMILES string of the molecule is O=S(=O)(NCCc1ccc(S(=O)(=O)NC(=S)Nc2ccc(Cl)cc2)cc1)c1ccccc1. The van der Waals surface area contributed by atoms with Crippen LogP contribution in [-0.4, -0.2) is 28.5 Å². The van der Waals surface area contributed by atoms with E-state index >= 15 is 0 Å². The number of thiocarbonyl (C=S) groups is 1. The molecule has 0 saturated carbocycles. The van der Waals surface area contributed by atoms with Crippen LogP contribution >= 0.6 is 23.8 Å². The second-order valence-corrected chi connectivity index (χ2v) is 11.0. The van der Waals surface area contributed by atoms with Gasteiger partial charge in [-0.1, -0.05) is 41.9 Å². The van der Waals surface area contributed by atoms with Gasteiger partial charge in [0.05, 0.1) is 9.79 Å². The number of anilines is 1. The molecule has 0 radical (unpaired) electrons. The van der Waals surface area contributed by atoms with E-state index in [9.17, 15) is 16.8 Å². The van der Waals surface area contributed by atoms with Crippen molar-refractivity contribution in [3.05, 3.63) is 89.4 Å². The van der Waals surface area contributed by atoms with Crippen molar-refractivity contribution in [1.82, 2.24) is 9.44 Å². The van der Waals surface area contributed by atoms with Crippen molar-refractivity contribution in [1.29, 1.82) is 0 Å². The maximum atomic E-state index is 12.5. The lowest BCUT2D eigenvalue weighted by molar-refractivity contribution is 0.581. The summed E-state index contributed by atoms with van der Waals surface area (Å²) < 4.78 is 54.4. The monoisotopic (exact) mass is 509 g/mol. The molecule has 0 aliphatic carbocycles. The number of rotatable bonds is 8. The zero-order chi connectivity index (χ0) is 23.2. The van der Waals surface area contributed by atoms with Gasteiger partial charge in [0.2, 0.25) is 10.0 Å². The van der Waals surface area contributed by atoms with Crippen LogP contribution in [0.1, 0.15) is 5.56 Å². The summed E-state index contributed by atoms with van der Waals surface area (Å²) in [6, 6.07) is 20.8. The molecule has 168 valence electrons. The first-order chi connectivity index (χ1) is 15.2. The zero-order valence-corrected chi connectivity index (χ0v) is 19.9. The summed E-state index contributed by atoms with van der Waals surface area (Å²) in [5.74, 6) is 0. The van der Waals surface area contributed by atoms with Gasteiger partial charge in [-0.05, 0) is 72.7 Å². The Bertz CT molecular complexity index is 1280. The third-order valence-electron chi connectivity index (χ3n) is 4.32. The Balaban J connectivity index is 1.55. The molecule has 0 fully saturated rings. The van der Waals surface area contributed by atoms with Crippen LogP contribution < -0.4 is 14.8 Å². The van der Waals surface area contributed by atoms with E-state index in [0.29, 0.717) is 17.1 Å². The molecule has 0 bridgehead atoms. The topological polar surface area (TPSA) is 104 Å². The second-order valence-electron chi connectivity index (χ2n) is 6.67. The molecule has 3 aromatic rings. The molecule has 3 rings (SSSR count). The first-order valence-electron chi connectivity index (χ1n) is 9.39. The van der Waals surface area contributed by atoms with Gasteiger partial charge < -0.3 is 5.32 Å². The van der Waals surface area contributed by atoms with Gasteiger partial charge in [-0.15, -0.1) is 0 Å². The molecule has 3 N–H and O–H groups in total. The molecule has 0 aromatic heterocycles. The molecule has 7 nitrogen and oxygen atoms in total. The predicted molar refractivity (Wildman–Crippen MR) is 130 cm³/mol. The van der Waals surface area contributed by atoms with Gasteiger partial charge in [0.25, 0.3) is 10.0 Å². The molecule has 0 unspecified atom stereocenters. The highest BCUT2D eigenvalue weighted by Gasteiger charge is 2.16. The minimum Gasteiger partial charge on any atom is -0.332 e. The van der Waals surface area contributed by atoms with Crippen LogP contribution in [0.2, 0.25) is 5.02 Å². The number of benzene rings is 3. The van der Waals surface area contributed by atoms with Gasteiger partial charge >= 0.3 is 0 Å². The molecule has 0 saturated heterocycles. The second kappa shape index (κ2) is 10.4. The average molecular weight is 510 g/mol. The van der Waals surface area contributed by atoms with Gasteiger partial charge in [-0.3, -0.25) is 4.72 Å². The third kappa shape index (κ3) is 6.75. The van der Waals surface area contributed by atoms with E-state index in [-0.39, 0.29) is 21.4 Å². The van der Waals surface area contributed by atoms with Gasteiger partial charge in [-0.2, -0.15) is 0 Å². The first-order valence-corrected chi connectivity index (χ1v) is 13.1. The van der Waals surface area contributed by atoms with E-state index in [0.717, 1.165) is 5.56 Å². The molecule has 0 amide bonds. The molecular weight excluding hydrogens is 490 g/mol. The lowest BCUT2D eigenvalue weighted by Gasteiger charge is -2.12. The fourth-order valence-electron chi connectivity index (χ4n) is 2.72. The minimum absolute atomic E-state index is 0.0337. The highest BCUT2D eigenvalue weighted by molar-refractivity contribution is 7.92. The van der Waals surface area contributed by atoms with Crippen molar-refractivity contribution in [2.75, 3.05) is 11.9 Å². The molecule has 0 aliphatic heterocycles. The zero-order valence-electron chi connectivity index (χ0n) is 16.7. The summed E-state index contributed by atoms with van der Waals surface area (Å²) in [5.41, 5.74) is 1.37. The Morgan fingerprint density at radius 2 is 1.38 bits per heavy atom. The minimum atomic E-state index is -3.88. The van der Waals surface area contributed by atoms with E-state index in [1.807, 2.05) is 0 Å². The van der Waals surface area contributed by atoms with Crippen LogP contribution in [0.15, 0.2) is 88.7 Å². The number of sulfonamides is 2. The Labute approximate surface area is 197 Å². The number of hydrogen-bond donors (Lipinski definition) is 3. The summed E-state index contributed by atoms with van der Waals surface area (Å²) in [6.45, 7) is 0.177. The lowest BCUT2D eigenvalue weighted by atomic mass is 10.2. The lowest BCUT2D eigenvalue weighted by Crippen LogP contribution is -2.34. The maximum Gasteiger partial charge on any atom is 0.263 e. The Morgan fingerprint density at radius 1 is 0.781 bits per heavy atom. The molecule has 0 spiro atoms. The van der Waals surface area contributed by atoms with E-state index in [4.69, 9.17) is 23.8 Å². The predicted octanol–water partition coefficient (Wildman–Crippen LogP) is 3.54. The van der Waals surface area contributed by atoms with E-state index < -0.39 is 20.0 Å². The molecule has 0 aliphatic rings. The van der Waals surface area contributed by atoms with Crippen LogP contribution in [0.25, 0.3) is 0 Å². The van der Waals surface area contributed by atoms with E-state index in [2.05, 4.69) is 14.8 Å². The van der Waals surface area contributed by atoms with Crippen molar-refractivity contribution >= 4 is 54.7 Å². The molecule has 0 heterocycles. The number of hydrogen-bond acceptors (Lipinski definition) is 5. The van der Waals surface area contributed by atoms with Gasteiger partial charge in [0.1, 0.15) is 0 Å². The Morgan fingerprint density at radius 3 is 2.00 bits per heavy atom. The molecular formula is C21H20ClN3O4S3. The molecule has 11 heteroatoms. The summed E-state index contributed by atoms with van der Waals surface area (Å²) in [4.78, 5) is 0.224. The largest absolute Gasteiger partial charge is 0.332 e. The van der Waals surface area contributed by atoms with Crippen molar-refractivity contribution in [2.45, 2.75) is 16.2 Å². The Hall–Kier alpha value is -2.50. The highest BCUT2D eigenvalue weighted by atomic mass is 35.5. The normalized spacial score (nSPS) is 11.7. The van der Waals surface area contributed by atoms with Crippen molar-refractivity contribution < 1.29 is 16.8 Å². The third-order valence-corrected chi connectivity index (χ3v) is 7.75. The summed E-state index contributed by atoms with van der Waals surface area (Å²) in [6.07, 6.45) is 0.399. The van der Waals surface area contributed by atoms with Crippen molar-refractivity contribution in [3.8, 4) is 0 Å². The highest BCUT2D eigenvalue weighted by Crippen LogP contribution is 2.15. The quantitative estimate of drug-likeness (QED) is 0.401. The van der Waals surface area contributed by atoms with Crippen LogP contribution in [0.4, 0.5) is 5.69 Å². The number of halogens is 1. The average Bonchev–Trinajstić information content (AvgIpc) is 2.76. The standard InChI is InChI=1S/C21H20ClN3O4S3/c22-17-8-10-18(11-9-17)24-21(30)25-32(28,29)20-12-6-16(7-13-20)14-15-23-31(26,27)19-4-2-1-3-5-19/h1-13,23H,14-15H2,(H2,24,25,30). The van der Waals surface area contributed by atoms with Crippen molar-refractivity contribution in [3.63, 3.8) is 0 Å². The van der Waals surface area contributed by atoms with Crippen LogP contribution in [-0.2, 0) is 26.5 Å². The van der Waals surface area contributed by atoms with E-state index in [1.54, 1.807) is 54.6 Å². The smallest absolute Gasteiger partial charge is 0.263 e. The van der Waals surface area contributed by atoms with Crippen molar-refractivity contribution in [2.24, 2.45) is 0 Å². The maximum absolute atomic E-state index is 12.5. The first kappa shape index (κ1) is 24.1. The van der Waals surface area contributed by atoms with Crippen LogP contribution in [0.3, 0.4) is 0 Å². The van der Waals surface area contributed by atoms with Gasteiger partial charge in [0.15, 0.2) is 5.11 Å². The van der Waals surface area contributed by atoms with Gasteiger partial charge in [-0.25, -0.2) is 21.6 Å². The fraction of sp³-hybridized carbons (Fsp3) is 0.0952. The summed E-state index contributed by atoms with van der Waals surface area (Å²) in [7, 11) is -7.46. The summed E-state index contributed by atoms with van der Waals surface area (Å²) in [5, 5.41) is 3.25. The number of nitrogens with one attached hydrogen (secondary N) is 3. The molecule has 32 heavy (non-hydrogen) atoms. The van der Waals surface area contributed by atoms with Gasteiger partial charge in [0, 0.05) is 17.3 Å².